The van der Waals surface area contributed by atoms with E-state index in [-0.39, 0.29) is 6.04 Å². The first kappa shape index (κ1) is 20.5. The lowest BCUT2D eigenvalue weighted by atomic mass is 9.97. The van der Waals surface area contributed by atoms with Gasteiger partial charge in [-0.15, -0.1) is 11.3 Å². The van der Waals surface area contributed by atoms with Crippen LogP contribution in [0.15, 0.2) is 54.6 Å². The van der Waals surface area contributed by atoms with Crippen LogP contribution in [0.4, 0.5) is 10.9 Å². The molecule has 0 fully saturated rings. The molecule has 0 radical (unpaired) electrons. The van der Waals surface area contributed by atoms with E-state index in [0.717, 1.165) is 41.8 Å². The molecule has 1 aliphatic rings. The van der Waals surface area contributed by atoms with E-state index in [1.165, 1.54) is 10.4 Å². The van der Waals surface area contributed by atoms with E-state index in [0.29, 0.717) is 22.5 Å². The second kappa shape index (κ2) is 8.59. The number of nitrogens with two attached hydrogens (primary N) is 1. The molecular weight excluding hydrogens is 418 g/mol. The molecular formula is C25H25N5OS. The maximum Gasteiger partial charge on any atom is 0.187 e. The molecule has 6 nitrogen and oxygen atoms in total. The number of hydrogen-bond acceptors (Lipinski definition) is 7. The molecule has 2 aromatic heterocycles. The normalized spacial score (nSPS) is 15.2. The quantitative estimate of drug-likeness (QED) is 0.444. The van der Waals surface area contributed by atoms with Gasteiger partial charge in [0, 0.05) is 28.5 Å². The number of nitrogens with zero attached hydrogens (tertiary/aromatic N) is 3. The van der Waals surface area contributed by atoms with Crippen molar-refractivity contribution in [3.63, 3.8) is 0 Å². The van der Waals surface area contributed by atoms with Crippen molar-refractivity contribution in [2.75, 3.05) is 18.2 Å². The van der Waals surface area contributed by atoms with Gasteiger partial charge in [0.2, 0.25) is 0 Å². The zero-order valence-electron chi connectivity index (χ0n) is 18.1. The summed E-state index contributed by atoms with van der Waals surface area (Å²) in [6.45, 7) is 2.08. The molecule has 3 N–H and O–H groups in total. The van der Waals surface area contributed by atoms with Crippen molar-refractivity contribution in [1.82, 2.24) is 15.0 Å². The molecule has 7 heteroatoms. The van der Waals surface area contributed by atoms with Crippen LogP contribution >= 0.6 is 11.3 Å². The van der Waals surface area contributed by atoms with E-state index in [1.54, 1.807) is 18.4 Å². The Bertz CT molecular complexity index is 1240. The standard InChI is InChI=1S/C25H25N5OS/c1-15-8-10-16(11-9-15)21-22(31-2)24(30-23(29-21)17-6-4-3-5-7-17)27-18-12-13-19-20(14-18)32-25(26)28-19/h3-11,18H,12-14H2,1-2H3,(H2,26,28)(H,27,29,30). The van der Waals surface area contributed by atoms with Crippen molar-refractivity contribution in [2.24, 2.45) is 0 Å². The monoisotopic (exact) mass is 443 g/mol. The summed E-state index contributed by atoms with van der Waals surface area (Å²) in [5.74, 6) is 2.04. The number of methoxy groups -OCH3 is 1. The second-order valence-corrected chi connectivity index (χ2v) is 9.13. The second-order valence-electron chi connectivity index (χ2n) is 8.02. The van der Waals surface area contributed by atoms with Crippen molar-refractivity contribution in [3.8, 4) is 28.4 Å². The van der Waals surface area contributed by atoms with Gasteiger partial charge in [-0.2, -0.15) is 0 Å². The minimum absolute atomic E-state index is 0.223. The fraction of sp³-hybridized carbons (Fsp3) is 0.240. The van der Waals surface area contributed by atoms with E-state index in [2.05, 4.69) is 41.5 Å². The van der Waals surface area contributed by atoms with Gasteiger partial charge in [-0.25, -0.2) is 15.0 Å². The molecule has 0 spiro atoms. The minimum Gasteiger partial charge on any atom is -0.491 e. The Balaban J connectivity index is 1.57. The Morgan fingerprint density at radius 3 is 2.53 bits per heavy atom. The Hall–Kier alpha value is -3.45. The Morgan fingerprint density at radius 1 is 1.00 bits per heavy atom. The van der Waals surface area contributed by atoms with Crippen LogP contribution in [0.3, 0.4) is 0 Å². The van der Waals surface area contributed by atoms with E-state index in [4.69, 9.17) is 20.4 Å². The number of ether oxygens (including phenoxy) is 1. The topological polar surface area (TPSA) is 86.0 Å². The van der Waals surface area contributed by atoms with Crippen LogP contribution in [-0.4, -0.2) is 28.1 Å². The van der Waals surface area contributed by atoms with Gasteiger partial charge < -0.3 is 15.8 Å². The molecule has 0 saturated carbocycles. The number of benzene rings is 2. The molecule has 2 aromatic carbocycles. The predicted molar refractivity (Wildman–Crippen MR) is 130 cm³/mol. The van der Waals surface area contributed by atoms with Gasteiger partial charge in [0.25, 0.3) is 0 Å². The SMILES string of the molecule is COc1c(NC2CCc3nc(N)sc3C2)nc(-c2ccccc2)nc1-c1ccc(C)cc1. The number of thiazole rings is 1. The van der Waals surface area contributed by atoms with E-state index < -0.39 is 0 Å². The maximum absolute atomic E-state index is 5.93. The van der Waals surface area contributed by atoms with Crippen molar-refractivity contribution in [2.45, 2.75) is 32.2 Å². The molecule has 1 atom stereocenters. The summed E-state index contributed by atoms with van der Waals surface area (Å²) < 4.78 is 5.85. The van der Waals surface area contributed by atoms with Crippen LogP contribution < -0.4 is 15.8 Å². The zero-order valence-corrected chi connectivity index (χ0v) is 18.9. The number of fused-ring (bicyclic) bond motifs is 1. The van der Waals surface area contributed by atoms with Gasteiger partial charge in [0.1, 0.15) is 5.69 Å². The van der Waals surface area contributed by atoms with Gasteiger partial charge >= 0.3 is 0 Å². The van der Waals surface area contributed by atoms with Crippen molar-refractivity contribution >= 4 is 22.3 Å². The molecule has 32 heavy (non-hydrogen) atoms. The van der Waals surface area contributed by atoms with E-state index in [9.17, 15) is 0 Å². The fourth-order valence-corrected chi connectivity index (χ4v) is 5.03. The van der Waals surface area contributed by atoms with Gasteiger partial charge in [0.15, 0.2) is 22.5 Å². The molecule has 162 valence electrons. The molecule has 1 aliphatic carbocycles. The van der Waals surface area contributed by atoms with Crippen LogP contribution in [0.5, 0.6) is 5.75 Å². The molecule has 0 saturated heterocycles. The number of hydrogen-bond donors (Lipinski definition) is 2. The highest BCUT2D eigenvalue weighted by Gasteiger charge is 2.25. The summed E-state index contributed by atoms with van der Waals surface area (Å²) >= 11 is 1.58. The number of aryl methyl sites for hydroxylation is 2. The van der Waals surface area contributed by atoms with Crippen LogP contribution in [0.25, 0.3) is 22.6 Å². The number of anilines is 2. The molecule has 5 rings (SSSR count). The Morgan fingerprint density at radius 2 is 1.78 bits per heavy atom. The molecule has 0 amide bonds. The summed E-state index contributed by atoms with van der Waals surface area (Å²) in [5, 5.41) is 4.29. The van der Waals surface area contributed by atoms with Crippen LogP contribution in [-0.2, 0) is 12.8 Å². The van der Waals surface area contributed by atoms with Crippen LogP contribution in [0, 0.1) is 6.92 Å². The molecule has 1 unspecified atom stereocenters. The Kier molecular flexibility index (Phi) is 5.49. The van der Waals surface area contributed by atoms with Crippen molar-refractivity contribution in [3.05, 3.63) is 70.7 Å². The Labute approximate surface area is 191 Å². The lowest BCUT2D eigenvalue weighted by molar-refractivity contribution is 0.413. The molecule has 0 bridgehead atoms. The van der Waals surface area contributed by atoms with Crippen molar-refractivity contribution < 1.29 is 4.74 Å². The first-order chi connectivity index (χ1) is 15.6. The zero-order chi connectivity index (χ0) is 22.1. The molecule has 2 heterocycles. The average Bonchev–Trinajstić information content (AvgIpc) is 3.19. The summed E-state index contributed by atoms with van der Waals surface area (Å²) in [5.41, 5.74) is 11.0. The molecule has 4 aromatic rings. The van der Waals surface area contributed by atoms with E-state index >= 15 is 0 Å². The summed E-state index contributed by atoms with van der Waals surface area (Å²) in [6.07, 6.45) is 2.74. The van der Waals surface area contributed by atoms with Gasteiger partial charge in [-0.3, -0.25) is 0 Å². The minimum atomic E-state index is 0.223. The van der Waals surface area contributed by atoms with Crippen molar-refractivity contribution in [1.29, 1.82) is 0 Å². The third-order valence-electron chi connectivity index (χ3n) is 5.72. The van der Waals surface area contributed by atoms with Crippen LogP contribution in [0.1, 0.15) is 22.6 Å². The lowest BCUT2D eigenvalue weighted by Gasteiger charge is -2.24. The molecule has 0 aliphatic heterocycles. The fourth-order valence-electron chi connectivity index (χ4n) is 4.08. The van der Waals surface area contributed by atoms with E-state index in [1.807, 2.05) is 30.3 Å². The highest BCUT2D eigenvalue weighted by Crippen LogP contribution is 2.38. The largest absolute Gasteiger partial charge is 0.491 e. The maximum atomic E-state index is 5.93. The lowest BCUT2D eigenvalue weighted by Crippen LogP contribution is -2.27. The summed E-state index contributed by atoms with van der Waals surface area (Å²) in [6, 6.07) is 18.6. The smallest absolute Gasteiger partial charge is 0.187 e. The first-order valence-electron chi connectivity index (χ1n) is 10.7. The highest BCUT2D eigenvalue weighted by molar-refractivity contribution is 7.15. The predicted octanol–water partition coefficient (Wildman–Crippen LogP) is 5.14. The summed E-state index contributed by atoms with van der Waals surface area (Å²) in [7, 11) is 1.67. The van der Waals surface area contributed by atoms with Gasteiger partial charge in [-0.05, 0) is 19.8 Å². The number of rotatable bonds is 5. The van der Waals surface area contributed by atoms with Gasteiger partial charge in [0.05, 0.1) is 12.8 Å². The van der Waals surface area contributed by atoms with Crippen LogP contribution in [0.2, 0.25) is 0 Å². The summed E-state index contributed by atoms with van der Waals surface area (Å²) in [4.78, 5) is 15.5. The third kappa shape index (κ3) is 4.03. The number of aromatic nitrogens is 3. The number of nitrogen functional groups attached to an aromatic ring is 1. The van der Waals surface area contributed by atoms with Gasteiger partial charge in [-0.1, -0.05) is 60.2 Å². The first-order valence-corrected chi connectivity index (χ1v) is 11.5. The number of nitrogens with one attached hydrogen (secondary N) is 1. The average molecular weight is 444 g/mol. The third-order valence-corrected chi connectivity index (χ3v) is 6.67. The highest BCUT2D eigenvalue weighted by atomic mass is 32.1.